The molecule has 1 aromatic heterocycles. The Morgan fingerprint density at radius 1 is 1.19 bits per heavy atom. The molecule has 142 valence electrons. The number of methoxy groups -OCH3 is 1. The van der Waals surface area contributed by atoms with Crippen LogP contribution in [0.5, 0.6) is 11.5 Å². The lowest BCUT2D eigenvalue weighted by molar-refractivity contribution is -0.135. The minimum atomic E-state index is -1.80. The summed E-state index contributed by atoms with van der Waals surface area (Å²) in [5.74, 6) is -6.97. The summed E-state index contributed by atoms with van der Waals surface area (Å²) in [7, 11) is 1.37. The Morgan fingerprint density at radius 3 is 2.44 bits per heavy atom. The maximum Gasteiger partial charge on any atom is 0.314 e. The highest BCUT2D eigenvalue weighted by Gasteiger charge is 2.32. The Balaban J connectivity index is 1.75. The molecule has 0 unspecified atom stereocenters. The minimum Gasteiger partial charge on any atom is -0.493 e. The summed E-state index contributed by atoms with van der Waals surface area (Å²) >= 11 is 0. The summed E-state index contributed by atoms with van der Waals surface area (Å²) in [6.45, 7) is 0. The SMILES string of the molecule is COc1cc(/C=N\Nc2c(F)c(F)nc(F)c2F)ccc1OC(=O)C1CC1. The molecule has 6 nitrogen and oxygen atoms in total. The van der Waals surface area contributed by atoms with E-state index in [2.05, 4.69) is 10.1 Å². The third kappa shape index (κ3) is 4.15. The first-order valence-corrected chi connectivity index (χ1v) is 7.79. The first-order chi connectivity index (χ1) is 12.9. The quantitative estimate of drug-likeness (QED) is 0.207. The van der Waals surface area contributed by atoms with Gasteiger partial charge < -0.3 is 9.47 Å². The maximum atomic E-state index is 13.5. The van der Waals surface area contributed by atoms with E-state index in [1.54, 1.807) is 0 Å². The highest BCUT2D eigenvalue weighted by molar-refractivity contribution is 5.83. The van der Waals surface area contributed by atoms with Gasteiger partial charge in [-0.05, 0) is 36.6 Å². The molecular formula is C17H13F4N3O3. The lowest BCUT2D eigenvalue weighted by Gasteiger charge is -2.09. The zero-order chi connectivity index (χ0) is 19.6. The van der Waals surface area contributed by atoms with Gasteiger partial charge in [-0.2, -0.15) is 27.6 Å². The Hall–Kier alpha value is -3.17. The summed E-state index contributed by atoms with van der Waals surface area (Å²) in [6, 6.07) is 4.43. The second-order valence-electron chi connectivity index (χ2n) is 5.67. The van der Waals surface area contributed by atoms with Crippen LogP contribution in [0.25, 0.3) is 0 Å². The number of rotatable bonds is 6. The topological polar surface area (TPSA) is 72.8 Å². The van der Waals surface area contributed by atoms with Gasteiger partial charge in [-0.1, -0.05) is 0 Å². The van der Waals surface area contributed by atoms with E-state index >= 15 is 0 Å². The molecule has 0 atom stereocenters. The predicted octanol–water partition coefficient (Wildman–Crippen LogP) is 3.41. The molecule has 1 N–H and O–H groups in total. The molecule has 0 spiro atoms. The number of carbonyl (C=O) groups is 1. The molecule has 10 heteroatoms. The molecule has 1 aromatic carbocycles. The van der Waals surface area contributed by atoms with Gasteiger partial charge >= 0.3 is 5.97 Å². The fourth-order valence-electron chi connectivity index (χ4n) is 2.12. The van der Waals surface area contributed by atoms with Crippen molar-refractivity contribution in [3.63, 3.8) is 0 Å². The third-order valence-electron chi connectivity index (χ3n) is 3.70. The third-order valence-corrected chi connectivity index (χ3v) is 3.70. The van der Waals surface area contributed by atoms with Gasteiger partial charge in [0.25, 0.3) is 11.9 Å². The Kier molecular flexibility index (Phi) is 5.24. The van der Waals surface area contributed by atoms with Gasteiger partial charge in [-0.3, -0.25) is 10.2 Å². The number of anilines is 1. The van der Waals surface area contributed by atoms with Gasteiger partial charge in [-0.25, -0.2) is 0 Å². The number of hydrogen-bond acceptors (Lipinski definition) is 6. The van der Waals surface area contributed by atoms with Crippen LogP contribution >= 0.6 is 0 Å². The van der Waals surface area contributed by atoms with Crippen LogP contribution in [0.3, 0.4) is 0 Å². The molecule has 1 saturated carbocycles. The van der Waals surface area contributed by atoms with E-state index in [-0.39, 0.29) is 23.4 Å². The number of benzene rings is 1. The average Bonchev–Trinajstić information content (AvgIpc) is 3.49. The average molecular weight is 383 g/mol. The molecule has 2 aromatic rings. The van der Waals surface area contributed by atoms with Crippen molar-refractivity contribution in [1.29, 1.82) is 0 Å². The summed E-state index contributed by atoms with van der Waals surface area (Å²) in [5, 5.41) is 3.54. The van der Waals surface area contributed by atoms with Crippen molar-refractivity contribution in [2.75, 3.05) is 12.5 Å². The van der Waals surface area contributed by atoms with E-state index in [1.807, 2.05) is 5.43 Å². The van der Waals surface area contributed by atoms with Crippen molar-refractivity contribution < 1.29 is 31.8 Å². The second-order valence-corrected chi connectivity index (χ2v) is 5.67. The maximum absolute atomic E-state index is 13.5. The van der Waals surface area contributed by atoms with Gasteiger partial charge in [0.15, 0.2) is 11.5 Å². The number of nitrogens with one attached hydrogen (secondary N) is 1. The fourth-order valence-corrected chi connectivity index (χ4v) is 2.12. The molecule has 1 aliphatic rings. The number of aromatic nitrogens is 1. The molecule has 0 aliphatic heterocycles. The van der Waals surface area contributed by atoms with Crippen LogP contribution in [0.1, 0.15) is 18.4 Å². The molecule has 3 rings (SSSR count). The van der Waals surface area contributed by atoms with Gasteiger partial charge in [0.1, 0.15) is 5.69 Å². The van der Waals surface area contributed by atoms with Crippen LogP contribution in [0.4, 0.5) is 23.2 Å². The van der Waals surface area contributed by atoms with Crippen molar-refractivity contribution in [3.05, 3.63) is 47.3 Å². The Bertz CT molecular complexity index is 891. The molecule has 0 saturated heterocycles. The highest BCUT2D eigenvalue weighted by Crippen LogP contribution is 2.34. The summed E-state index contributed by atoms with van der Waals surface area (Å²) < 4.78 is 63.4. The van der Waals surface area contributed by atoms with Gasteiger partial charge in [0.05, 0.1) is 19.2 Å². The molecule has 1 aliphatic carbocycles. The second kappa shape index (κ2) is 7.60. The number of hydrogen-bond donors (Lipinski definition) is 1. The molecule has 0 amide bonds. The molecule has 0 radical (unpaired) electrons. The standard InChI is InChI=1S/C17H13F4N3O3/c1-26-11-6-8(2-5-10(11)27-17(25)9-3-4-9)7-22-24-14-12(18)15(20)23-16(21)13(14)19/h2,5-7,9H,3-4H2,1H3,(H,23,24)/b22-7-. The monoisotopic (exact) mass is 383 g/mol. The van der Waals surface area contributed by atoms with Crippen molar-refractivity contribution in [3.8, 4) is 11.5 Å². The van der Waals surface area contributed by atoms with Crippen LogP contribution < -0.4 is 14.9 Å². The zero-order valence-corrected chi connectivity index (χ0v) is 13.9. The van der Waals surface area contributed by atoms with Crippen molar-refractivity contribution in [2.45, 2.75) is 12.8 Å². The highest BCUT2D eigenvalue weighted by atomic mass is 19.2. The van der Waals surface area contributed by atoms with Crippen molar-refractivity contribution in [2.24, 2.45) is 11.0 Å². The fraction of sp³-hybridized carbons (Fsp3) is 0.235. The lowest BCUT2D eigenvalue weighted by Crippen LogP contribution is -2.10. The van der Waals surface area contributed by atoms with E-state index in [0.29, 0.717) is 5.56 Å². The number of carbonyl (C=O) groups excluding carboxylic acids is 1. The van der Waals surface area contributed by atoms with Gasteiger partial charge in [0, 0.05) is 0 Å². The number of ether oxygens (including phenoxy) is 2. The van der Waals surface area contributed by atoms with Crippen LogP contribution in [0, 0.1) is 29.4 Å². The van der Waals surface area contributed by atoms with Crippen molar-refractivity contribution in [1.82, 2.24) is 4.98 Å². The largest absolute Gasteiger partial charge is 0.493 e. The van der Waals surface area contributed by atoms with Crippen LogP contribution in [-0.2, 0) is 4.79 Å². The van der Waals surface area contributed by atoms with E-state index in [0.717, 1.165) is 19.1 Å². The Morgan fingerprint density at radius 2 is 1.85 bits per heavy atom. The van der Waals surface area contributed by atoms with Gasteiger partial charge in [0.2, 0.25) is 11.6 Å². The number of nitrogens with zero attached hydrogens (tertiary/aromatic N) is 2. The summed E-state index contributed by atoms with van der Waals surface area (Å²) in [4.78, 5) is 14.2. The molecule has 27 heavy (non-hydrogen) atoms. The smallest absolute Gasteiger partial charge is 0.314 e. The van der Waals surface area contributed by atoms with Crippen LogP contribution in [0.2, 0.25) is 0 Å². The summed E-state index contributed by atoms with van der Waals surface area (Å²) in [6.07, 6.45) is 2.71. The Labute approximate surface area is 150 Å². The van der Waals surface area contributed by atoms with Crippen LogP contribution in [0.15, 0.2) is 23.3 Å². The molecule has 1 fully saturated rings. The molecule has 0 bridgehead atoms. The number of halogens is 4. The number of esters is 1. The number of pyridine rings is 1. The summed E-state index contributed by atoms with van der Waals surface area (Å²) in [5.41, 5.74) is 1.18. The van der Waals surface area contributed by atoms with E-state index < -0.39 is 29.2 Å². The zero-order valence-electron chi connectivity index (χ0n) is 13.9. The van der Waals surface area contributed by atoms with Crippen molar-refractivity contribution >= 4 is 17.9 Å². The van der Waals surface area contributed by atoms with Gasteiger partial charge in [-0.15, -0.1) is 0 Å². The first kappa shape index (κ1) is 18.6. The van der Waals surface area contributed by atoms with E-state index in [4.69, 9.17) is 9.47 Å². The molecular weight excluding hydrogens is 370 g/mol. The first-order valence-electron chi connectivity index (χ1n) is 7.79. The number of hydrazone groups is 1. The molecule has 1 heterocycles. The lowest BCUT2D eigenvalue weighted by atomic mass is 10.2. The normalized spacial score (nSPS) is 13.7. The minimum absolute atomic E-state index is 0.0916. The van der Waals surface area contributed by atoms with Crippen LogP contribution in [-0.4, -0.2) is 24.3 Å². The van der Waals surface area contributed by atoms with E-state index in [1.165, 1.54) is 25.3 Å². The van der Waals surface area contributed by atoms with E-state index in [9.17, 15) is 22.4 Å². The predicted molar refractivity (Wildman–Crippen MR) is 86.6 cm³/mol.